The molecule has 1 heterocycles. The predicted molar refractivity (Wildman–Crippen MR) is 116 cm³/mol. The Hall–Kier alpha value is -1.85. The summed E-state index contributed by atoms with van der Waals surface area (Å²) in [4.78, 5) is 15.2. The van der Waals surface area contributed by atoms with Crippen LogP contribution in [0.5, 0.6) is 5.75 Å². The molecule has 4 rings (SSSR count). The number of nitrogens with one attached hydrogen (secondary N) is 1. The van der Waals surface area contributed by atoms with Crippen molar-refractivity contribution < 1.29 is 9.53 Å². The molecule has 0 aromatic heterocycles. The van der Waals surface area contributed by atoms with E-state index in [1.807, 2.05) is 13.0 Å². The molecule has 0 unspecified atom stereocenters. The summed E-state index contributed by atoms with van der Waals surface area (Å²) in [5, 5.41) is 3.06. The lowest BCUT2D eigenvalue weighted by Gasteiger charge is -2.41. The van der Waals surface area contributed by atoms with Gasteiger partial charge >= 0.3 is 0 Å². The van der Waals surface area contributed by atoms with Gasteiger partial charge in [0.1, 0.15) is 5.75 Å². The van der Waals surface area contributed by atoms with Gasteiger partial charge < -0.3 is 15.0 Å². The maximum absolute atomic E-state index is 12.7. The fourth-order valence-corrected chi connectivity index (χ4v) is 5.36. The molecular weight excluding hydrogens is 416 g/mol. The molecule has 0 radical (unpaired) electrons. The number of carbonyl (C=O) groups is 1. The second-order valence-electron chi connectivity index (χ2n) is 8.06. The molecule has 2 aliphatic rings. The smallest absolute Gasteiger partial charge is 0.255 e. The highest BCUT2D eigenvalue weighted by Crippen LogP contribution is 2.46. The third kappa shape index (κ3) is 3.70. The Bertz CT molecular complexity index is 890. The van der Waals surface area contributed by atoms with Gasteiger partial charge in [0, 0.05) is 29.8 Å². The maximum atomic E-state index is 12.7. The maximum Gasteiger partial charge on any atom is 0.255 e. The lowest BCUT2D eigenvalue weighted by Crippen LogP contribution is -2.42. The monoisotopic (exact) mass is 442 g/mol. The third-order valence-corrected chi connectivity index (χ3v) is 6.62. The summed E-state index contributed by atoms with van der Waals surface area (Å²) >= 11 is 3.48. The lowest BCUT2D eigenvalue weighted by atomic mass is 9.74. The number of anilines is 1. The molecule has 1 saturated carbocycles. The van der Waals surface area contributed by atoms with Crippen LogP contribution in [-0.4, -0.2) is 31.0 Å². The standard InChI is InChI=1S/C23H27BrN2O2/c1-3-28-21-9-6-16(13-20(21)24)22(27)25-18-7-8-19-17(12-18)14-26(2)15-23(19)10-4-5-11-23/h6-9,12-13H,3-5,10-11,14-15H2,1-2H3,(H,25,27). The van der Waals surface area contributed by atoms with Crippen LogP contribution in [-0.2, 0) is 12.0 Å². The molecule has 1 fully saturated rings. The molecule has 1 aliphatic carbocycles. The fraction of sp³-hybridized carbons (Fsp3) is 0.435. The summed E-state index contributed by atoms with van der Waals surface area (Å²) in [6, 6.07) is 11.9. The van der Waals surface area contributed by atoms with E-state index in [1.165, 1.54) is 36.8 Å². The van der Waals surface area contributed by atoms with Crippen molar-refractivity contribution in [3.05, 3.63) is 57.6 Å². The van der Waals surface area contributed by atoms with Crippen molar-refractivity contribution in [3.63, 3.8) is 0 Å². The number of carbonyl (C=O) groups excluding carboxylic acids is 1. The van der Waals surface area contributed by atoms with Crippen LogP contribution in [0.1, 0.15) is 54.1 Å². The highest BCUT2D eigenvalue weighted by atomic mass is 79.9. The van der Waals surface area contributed by atoms with Crippen LogP contribution in [0.15, 0.2) is 40.9 Å². The van der Waals surface area contributed by atoms with Crippen molar-refractivity contribution in [3.8, 4) is 5.75 Å². The average molecular weight is 443 g/mol. The number of benzene rings is 2. The van der Waals surface area contributed by atoms with E-state index < -0.39 is 0 Å². The number of rotatable bonds is 4. The quantitative estimate of drug-likeness (QED) is 0.692. The average Bonchev–Trinajstić information content (AvgIpc) is 3.11. The summed E-state index contributed by atoms with van der Waals surface area (Å²) in [7, 11) is 2.20. The van der Waals surface area contributed by atoms with E-state index in [4.69, 9.17) is 4.74 Å². The minimum atomic E-state index is -0.108. The van der Waals surface area contributed by atoms with Crippen LogP contribution in [0.3, 0.4) is 0 Å². The van der Waals surface area contributed by atoms with Crippen molar-refractivity contribution in [1.29, 1.82) is 0 Å². The second-order valence-corrected chi connectivity index (χ2v) is 8.92. The summed E-state index contributed by atoms with van der Waals surface area (Å²) in [6.45, 7) is 4.62. The van der Waals surface area contributed by atoms with Crippen LogP contribution in [0.4, 0.5) is 5.69 Å². The van der Waals surface area contributed by atoms with Crippen LogP contribution in [0.25, 0.3) is 0 Å². The molecule has 1 N–H and O–H groups in total. The largest absolute Gasteiger partial charge is 0.493 e. The highest BCUT2D eigenvalue weighted by Gasteiger charge is 2.40. The first-order valence-corrected chi connectivity index (χ1v) is 10.9. The fourth-order valence-electron chi connectivity index (χ4n) is 4.87. The number of amides is 1. The Labute approximate surface area is 175 Å². The van der Waals surface area contributed by atoms with Gasteiger partial charge in [-0.3, -0.25) is 4.79 Å². The van der Waals surface area contributed by atoms with Crippen molar-refractivity contribution in [1.82, 2.24) is 4.90 Å². The Morgan fingerprint density at radius 2 is 2.00 bits per heavy atom. The zero-order valence-electron chi connectivity index (χ0n) is 16.6. The van der Waals surface area contributed by atoms with E-state index in [0.29, 0.717) is 17.6 Å². The van der Waals surface area contributed by atoms with Gasteiger partial charge in [-0.05, 0) is 84.2 Å². The number of ether oxygens (including phenoxy) is 1. The van der Waals surface area contributed by atoms with E-state index in [2.05, 4.69) is 51.4 Å². The molecule has 28 heavy (non-hydrogen) atoms. The molecule has 2 aromatic rings. The SMILES string of the molecule is CCOc1ccc(C(=O)Nc2ccc3c(c2)CN(C)CC32CCCC2)cc1Br. The Morgan fingerprint density at radius 3 is 2.71 bits per heavy atom. The molecule has 0 atom stereocenters. The molecule has 148 valence electrons. The van der Waals surface area contributed by atoms with Crippen LogP contribution in [0, 0.1) is 0 Å². The van der Waals surface area contributed by atoms with Gasteiger partial charge in [0.25, 0.3) is 5.91 Å². The third-order valence-electron chi connectivity index (χ3n) is 6.00. The van der Waals surface area contributed by atoms with Crippen molar-refractivity contribution in [2.75, 3.05) is 25.5 Å². The summed E-state index contributed by atoms with van der Waals surface area (Å²) in [5.74, 6) is 0.640. The number of nitrogens with zero attached hydrogens (tertiary/aromatic N) is 1. The Morgan fingerprint density at radius 1 is 1.21 bits per heavy atom. The van der Waals surface area contributed by atoms with Crippen LogP contribution < -0.4 is 10.1 Å². The zero-order chi connectivity index (χ0) is 19.7. The van der Waals surface area contributed by atoms with Crippen molar-refractivity contribution >= 4 is 27.5 Å². The summed E-state index contributed by atoms with van der Waals surface area (Å²) in [5.41, 5.74) is 4.62. The first-order valence-electron chi connectivity index (χ1n) is 10.1. The Balaban J connectivity index is 1.55. The number of halogens is 1. The molecule has 0 bridgehead atoms. The van der Waals surface area contributed by atoms with Gasteiger partial charge in [0.05, 0.1) is 11.1 Å². The van der Waals surface area contributed by atoms with Gasteiger partial charge in [-0.25, -0.2) is 0 Å². The molecule has 2 aromatic carbocycles. The first-order chi connectivity index (χ1) is 13.5. The summed E-state index contributed by atoms with van der Waals surface area (Å²) in [6.07, 6.45) is 5.18. The van der Waals surface area contributed by atoms with E-state index in [9.17, 15) is 4.79 Å². The van der Waals surface area contributed by atoms with Gasteiger partial charge in [0.2, 0.25) is 0 Å². The lowest BCUT2D eigenvalue weighted by molar-refractivity contribution is 0.102. The predicted octanol–water partition coefficient (Wildman–Crippen LogP) is 5.36. The highest BCUT2D eigenvalue weighted by molar-refractivity contribution is 9.10. The molecule has 1 amide bonds. The van der Waals surface area contributed by atoms with E-state index in [1.54, 1.807) is 12.1 Å². The molecule has 1 aliphatic heterocycles. The molecule has 5 heteroatoms. The zero-order valence-corrected chi connectivity index (χ0v) is 18.1. The van der Waals surface area contributed by atoms with Gasteiger partial charge in [-0.2, -0.15) is 0 Å². The molecule has 0 saturated heterocycles. The topological polar surface area (TPSA) is 41.6 Å². The van der Waals surface area contributed by atoms with Gasteiger partial charge in [-0.15, -0.1) is 0 Å². The summed E-state index contributed by atoms with van der Waals surface area (Å²) < 4.78 is 6.31. The number of likely N-dealkylation sites (N-methyl/N-ethyl adjacent to an activating group) is 1. The Kier molecular flexibility index (Phi) is 5.48. The van der Waals surface area contributed by atoms with E-state index >= 15 is 0 Å². The van der Waals surface area contributed by atoms with Crippen molar-refractivity contribution in [2.24, 2.45) is 0 Å². The molecule has 4 nitrogen and oxygen atoms in total. The van der Waals surface area contributed by atoms with Crippen molar-refractivity contribution in [2.45, 2.75) is 44.6 Å². The molecule has 1 spiro atoms. The minimum absolute atomic E-state index is 0.108. The van der Waals surface area contributed by atoms with Crippen LogP contribution in [0.2, 0.25) is 0 Å². The number of hydrogen-bond acceptors (Lipinski definition) is 3. The van der Waals surface area contributed by atoms with E-state index in [-0.39, 0.29) is 5.91 Å². The second kappa shape index (κ2) is 7.88. The van der Waals surface area contributed by atoms with E-state index in [0.717, 1.165) is 29.0 Å². The van der Waals surface area contributed by atoms with Gasteiger partial charge in [0.15, 0.2) is 0 Å². The van der Waals surface area contributed by atoms with Gasteiger partial charge in [-0.1, -0.05) is 18.9 Å². The number of fused-ring (bicyclic) bond motifs is 2. The van der Waals surface area contributed by atoms with Crippen LogP contribution >= 0.6 is 15.9 Å². The normalized spacial score (nSPS) is 18.1. The molecular formula is C23H27BrN2O2. The first kappa shape index (κ1) is 19.5. The minimum Gasteiger partial charge on any atom is -0.493 e. The number of hydrogen-bond donors (Lipinski definition) is 1.